The van der Waals surface area contributed by atoms with Crippen molar-refractivity contribution in [1.29, 1.82) is 0 Å². The predicted octanol–water partition coefficient (Wildman–Crippen LogP) is 3.00. The maximum absolute atomic E-state index is 12.4. The summed E-state index contributed by atoms with van der Waals surface area (Å²) in [6.45, 7) is 1.83. The van der Waals surface area contributed by atoms with Gasteiger partial charge in [-0.3, -0.25) is 4.79 Å². The number of carboxylic acid groups (broad SMARTS) is 1. The number of nitrogens with one attached hydrogen (secondary N) is 1. The van der Waals surface area contributed by atoms with Gasteiger partial charge in [0.1, 0.15) is 6.04 Å². The first-order valence-corrected chi connectivity index (χ1v) is 10.3. The Kier molecular flexibility index (Phi) is 7.18. The van der Waals surface area contributed by atoms with E-state index in [0.717, 1.165) is 5.56 Å². The lowest BCUT2D eigenvalue weighted by molar-refractivity contribution is -0.139. The number of aryl methyl sites for hydroxylation is 1. The molecule has 21 heavy (non-hydrogen) atoms. The summed E-state index contributed by atoms with van der Waals surface area (Å²) in [6, 6.07) is 1.97. The number of sulfonamides is 1. The van der Waals surface area contributed by atoms with Crippen LogP contribution in [0.15, 0.2) is 26.0 Å². The third kappa shape index (κ3) is 5.24. The molecule has 5 nitrogen and oxygen atoms in total. The second kappa shape index (κ2) is 7.96. The fraction of sp³-hybridized carbons (Fsp3) is 0.417. The number of aliphatic carboxylic acids is 1. The molecule has 0 amide bonds. The molecule has 1 atom stereocenters. The van der Waals surface area contributed by atoms with Gasteiger partial charge in [0.25, 0.3) is 0 Å². The molecule has 0 spiro atoms. The van der Waals surface area contributed by atoms with Crippen LogP contribution in [0.5, 0.6) is 0 Å². The van der Waals surface area contributed by atoms with Gasteiger partial charge in [-0.25, -0.2) is 8.42 Å². The number of halogens is 2. The summed E-state index contributed by atoms with van der Waals surface area (Å²) in [5.74, 6) is -0.631. The smallest absolute Gasteiger partial charge is 0.321 e. The average molecular weight is 461 g/mol. The summed E-state index contributed by atoms with van der Waals surface area (Å²) in [4.78, 5) is 11.2. The minimum absolute atomic E-state index is 0.00961. The molecule has 0 fully saturated rings. The van der Waals surface area contributed by atoms with Crippen molar-refractivity contribution in [3.63, 3.8) is 0 Å². The van der Waals surface area contributed by atoms with Crippen molar-refractivity contribution >= 4 is 59.6 Å². The summed E-state index contributed by atoms with van der Waals surface area (Å²) < 4.78 is 28.0. The molecule has 1 unspecified atom stereocenters. The molecule has 0 bridgehead atoms. The van der Waals surface area contributed by atoms with Crippen molar-refractivity contribution in [1.82, 2.24) is 4.72 Å². The Morgan fingerprint density at radius 3 is 2.52 bits per heavy atom. The Balaban J connectivity index is 3.10. The summed E-state index contributed by atoms with van der Waals surface area (Å²) in [7, 11) is -3.92. The quantitative estimate of drug-likeness (QED) is 0.653. The van der Waals surface area contributed by atoms with Gasteiger partial charge in [0.2, 0.25) is 10.0 Å². The van der Waals surface area contributed by atoms with E-state index in [1.807, 2.05) is 13.2 Å². The molecular weight excluding hydrogens is 446 g/mol. The Bertz CT molecular complexity index is 634. The van der Waals surface area contributed by atoms with Gasteiger partial charge in [0, 0.05) is 8.95 Å². The molecule has 2 N–H and O–H groups in total. The Labute approximate surface area is 145 Å². The number of carbonyl (C=O) groups is 1. The summed E-state index contributed by atoms with van der Waals surface area (Å²) in [6.07, 6.45) is 2.06. The van der Waals surface area contributed by atoms with Gasteiger partial charge in [-0.1, -0.05) is 15.9 Å². The van der Waals surface area contributed by atoms with E-state index in [1.54, 1.807) is 6.07 Å². The highest BCUT2D eigenvalue weighted by molar-refractivity contribution is 9.11. The van der Waals surface area contributed by atoms with Crippen LogP contribution in [0.2, 0.25) is 0 Å². The highest BCUT2D eigenvalue weighted by Crippen LogP contribution is 2.29. The number of thioether (sulfide) groups is 1. The second-order valence-electron chi connectivity index (χ2n) is 4.33. The highest BCUT2D eigenvalue weighted by atomic mass is 79.9. The van der Waals surface area contributed by atoms with E-state index < -0.39 is 22.0 Å². The van der Waals surface area contributed by atoms with Crippen molar-refractivity contribution in [3.05, 3.63) is 26.6 Å². The number of rotatable bonds is 7. The van der Waals surface area contributed by atoms with E-state index in [0.29, 0.717) is 14.7 Å². The van der Waals surface area contributed by atoms with Gasteiger partial charge >= 0.3 is 5.97 Å². The maximum Gasteiger partial charge on any atom is 0.321 e. The van der Waals surface area contributed by atoms with Crippen LogP contribution < -0.4 is 4.72 Å². The first-order valence-electron chi connectivity index (χ1n) is 5.88. The van der Waals surface area contributed by atoms with Gasteiger partial charge in [-0.2, -0.15) is 16.5 Å². The number of benzene rings is 1. The molecular formula is C12H15Br2NO4S2. The molecule has 0 aliphatic rings. The van der Waals surface area contributed by atoms with Crippen molar-refractivity contribution in [2.24, 2.45) is 0 Å². The van der Waals surface area contributed by atoms with E-state index in [2.05, 4.69) is 36.6 Å². The molecule has 0 aliphatic heterocycles. The van der Waals surface area contributed by atoms with Gasteiger partial charge in [-0.05, 0) is 59.0 Å². The SMILES string of the molecule is CSCCC(NS(=O)(=O)c1cc(Br)c(C)cc1Br)C(=O)O. The number of hydrogen-bond donors (Lipinski definition) is 2. The third-order valence-corrected chi connectivity index (χ3v) is 6.64. The molecule has 0 saturated heterocycles. The predicted molar refractivity (Wildman–Crippen MR) is 91.3 cm³/mol. The van der Waals surface area contributed by atoms with Crippen molar-refractivity contribution < 1.29 is 18.3 Å². The lowest BCUT2D eigenvalue weighted by atomic mass is 10.2. The van der Waals surface area contributed by atoms with Gasteiger partial charge in [0.15, 0.2) is 0 Å². The minimum Gasteiger partial charge on any atom is -0.480 e. The number of carboxylic acids is 1. The van der Waals surface area contributed by atoms with E-state index >= 15 is 0 Å². The van der Waals surface area contributed by atoms with Gasteiger partial charge < -0.3 is 5.11 Å². The fourth-order valence-corrected chi connectivity index (χ4v) is 4.93. The van der Waals surface area contributed by atoms with E-state index in [9.17, 15) is 13.2 Å². The monoisotopic (exact) mass is 459 g/mol. The average Bonchev–Trinajstić information content (AvgIpc) is 2.38. The first-order chi connectivity index (χ1) is 9.69. The van der Waals surface area contributed by atoms with Crippen LogP contribution in [0.3, 0.4) is 0 Å². The molecule has 9 heteroatoms. The Morgan fingerprint density at radius 1 is 1.38 bits per heavy atom. The molecule has 0 radical (unpaired) electrons. The standard InChI is InChI=1S/C12H15Br2NO4S2/c1-7-5-9(14)11(6-8(7)13)21(18,19)15-10(12(16)17)3-4-20-2/h5-6,10,15H,3-4H2,1-2H3,(H,16,17). The van der Waals surface area contributed by atoms with Crippen LogP contribution in [0, 0.1) is 6.92 Å². The normalized spacial score (nSPS) is 13.1. The maximum atomic E-state index is 12.4. The Morgan fingerprint density at radius 2 is 2.00 bits per heavy atom. The lowest BCUT2D eigenvalue weighted by Crippen LogP contribution is -2.41. The fourth-order valence-electron chi connectivity index (χ4n) is 1.55. The van der Waals surface area contributed by atoms with Crippen LogP contribution >= 0.6 is 43.6 Å². The zero-order valence-electron chi connectivity index (χ0n) is 11.4. The zero-order valence-corrected chi connectivity index (χ0v) is 16.2. The van der Waals surface area contributed by atoms with Gasteiger partial charge in [-0.15, -0.1) is 0 Å². The second-order valence-corrected chi connectivity index (χ2v) is 8.70. The van der Waals surface area contributed by atoms with Crippen LogP contribution in [-0.4, -0.2) is 37.5 Å². The third-order valence-electron chi connectivity index (χ3n) is 2.71. The van der Waals surface area contributed by atoms with E-state index in [1.165, 1.54) is 17.8 Å². The molecule has 0 saturated carbocycles. The molecule has 1 aromatic carbocycles. The van der Waals surface area contributed by atoms with Crippen LogP contribution in [-0.2, 0) is 14.8 Å². The van der Waals surface area contributed by atoms with Crippen molar-refractivity contribution in [2.75, 3.05) is 12.0 Å². The molecule has 1 rings (SSSR count). The summed E-state index contributed by atoms with van der Waals surface area (Å²) in [5.41, 5.74) is 0.873. The molecule has 118 valence electrons. The van der Waals surface area contributed by atoms with Crippen molar-refractivity contribution in [2.45, 2.75) is 24.3 Å². The Hall–Kier alpha value is -0.0900. The lowest BCUT2D eigenvalue weighted by Gasteiger charge is -2.15. The largest absolute Gasteiger partial charge is 0.480 e. The van der Waals surface area contributed by atoms with Crippen LogP contribution in [0.25, 0.3) is 0 Å². The van der Waals surface area contributed by atoms with Crippen LogP contribution in [0.4, 0.5) is 0 Å². The van der Waals surface area contributed by atoms with Crippen LogP contribution in [0.1, 0.15) is 12.0 Å². The van der Waals surface area contributed by atoms with E-state index in [4.69, 9.17) is 5.11 Å². The topological polar surface area (TPSA) is 83.5 Å². The molecule has 0 aromatic heterocycles. The summed E-state index contributed by atoms with van der Waals surface area (Å²) >= 11 is 7.94. The number of hydrogen-bond acceptors (Lipinski definition) is 4. The minimum atomic E-state index is -3.92. The van der Waals surface area contributed by atoms with Gasteiger partial charge in [0.05, 0.1) is 4.90 Å². The van der Waals surface area contributed by atoms with E-state index in [-0.39, 0.29) is 11.3 Å². The highest BCUT2D eigenvalue weighted by Gasteiger charge is 2.27. The molecule has 0 heterocycles. The molecule has 1 aromatic rings. The molecule has 0 aliphatic carbocycles. The van der Waals surface area contributed by atoms with Crippen molar-refractivity contribution in [3.8, 4) is 0 Å². The zero-order chi connectivity index (χ0) is 16.2. The summed E-state index contributed by atoms with van der Waals surface area (Å²) in [5, 5.41) is 9.12. The first kappa shape index (κ1) is 19.0.